The number of carbonyl (C=O) groups is 1. The molecule has 1 saturated carbocycles. The van der Waals surface area contributed by atoms with Crippen LogP contribution in [0.5, 0.6) is 0 Å². The molecule has 1 heterocycles. The van der Waals surface area contributed by atoms with E-state index in [9.17, 15) is 4.79 Å². The van der Waals surface area contributed by atoms with Gasteiger partial charge in [-0.05, 0) is 24.5 Å². The monoisotopic (exact) mass is 348 g/mol. The lowest BCUT2D eigenvalue weighted by atomic mass is 10.1. The first-order valence-electron chi connectivity index (χ1n) is 8.95. The molecule has 1 aliphatic carbocycles. The third-order valence-corrected chi connectivity index (χ3v) is 5.15. The molecule has 1 aliphatic heterocycles. The summed E-state index contributed by atoms with van der Waals surface area (Å²) in [6, 6.07) is 7.93. The molecule has 6 heteroatoms. The molecule has 2 aliphatic rings. The molecule has 2 atom stereocenters. The van der Waals surface area contributed by atoms with Crippen LogP contribution in [0.4, 0.5) is 0 Å². The van der Waals surface area contributed by atoms with E-state index >= 15 is 0 Å². The summed E-state index contributed by atoms with van der Waals surface area (Å²) in [5.74, 6) is -0.0135. The average Bonchev–Trinajstić information content (AvgIpc) is 3.05. The van der Waals surface area contributed by atoms with E-state index in [2.05, 4.69) is 10.2 Å². The zero-order valence-corrected chi connectivity index (χ0v) is 15.1. The molecule has 6 nitrogen and oxygen atoms in total. The maximum atomic E-state index is 12.8. The molecule has 1 aromatic rings. The van der Waals surface area contributed by atoms with Crippen molar-refractivity contribution in [1.82, 2.24) is 10.2 Å². The number of benzene rings is 1. The second-order valence-corrected chi connectivity index (χ2v) is 6.74. The summed E-state index contributed by atoms with van der Waals surface area (Å²) >= 11 is 0. The highest BCUT2D eigenvalue weighted by Crippen LogP contribution is 2.25. The predicted octanol–water partition coefficient (Wildman–Crippen LogP) is 1.44. The molecule has 1 amide bonds. The van der Waals surface area contributed by atoms with Crippen molar-refractivity contribution in [3.63, 3.8) is 0 Å². The molecule has 0 radical (unpaired) electrons. The predicted molar refractivity (Wildman–Crippen MR) is 94.6 cm³/mol. The highest BCUT2D eigenvalue weighted by molar-refractivity contribution is 5.95. The number of rotatable bonds is 6. The molecule has 2 fully saturated rings. The largest absolute Gasteiger partial charge is 0.379 e. The Kier molecular flexibility index (Phi) is 6.42. The fourth-order valence-electron chi connectivity index (χ4n) is 3.72. The normalized spacial score (nSPS) is 25.2. The van der Waals surface area contributed by atoms with Crippen molar-refractivity contribution in [2.75, 3.05) is 40.5 Å². The lowest BCUT2D eigenvalue weighted by Gasteiger charge is -2.27. The number of methoxy groups -OCH3 is 2. The van der Waals surface area contributed by atoms with E-state index < -0.39 is 0 Å². The van der Waals surface area contributed by atoms with Crippen LogP contribution in [-0.4, -0.2) is 69.6 Å². The van der Waals surface area contributed by atoms with Crippen molar-refractivity contribution in [2.24, 2.45) is 0 Å². The van der Waals surface area contributed by atoms with E-state index in [-0.39, 0.29) is 24.2 Å². The number of nitrogens with one attached hydrogen (secondary N) is 1. The third kappa shape index (κ3) is 4.58. The van der Waals surface area contributed by atoms with Crippen molar-refractivity contribution >= 4 is 5.91 Å². The number of ether oxygens (including phenoxy) is 3. The lowest BCUT2D eigenvalue weighted by Crippen LogP contribution is -2.37. The average molecular weight is 348 g/mol. The Morgan fingerprint density at radius 1 is 1.16 bits per heavy atom. The first-order chi connectivity index (χ1) is 12.2. The molecule has 1 aromatic carbocycles. The van der Waals surface area contributed by atoms with Gasteiger partial charge in [0.1, 0.15) is 0 Å². The molecule has 1 N–H and O–H groups in total. The van der Waals surface area contributed by atoms with Crippen LogP contribution in [0, 0.1) is 0 Å². The fraction of sp³-hybridized carbons (Fsp3) is 0.632. The highest BCUT2D eigenvalue weighted by Gasteiger charge is 2.35. The van der Waals surface area contributed by atoms with Gasteiger partial charge in [0.15, 0.2) is 0 Å². The van der Waals surface area contributed by atoms with Crippen molar-refractivity contribution in [2.45, 2.75) is 37.6 Å². The van der Waals surface area contributed by atoms with Gasteiger partial charge >= 0.3 is 0 Å². The van der Waals surface area contributed by atoms with Gasteiger partial charge < -0.3 is 19.5 Å². The second kappa shape index (κ2) is 8.76. The smallest absolute Gasteiger partial charge is 0.251 e. The van der Waals surface area contributed by atoms with E-state index in [4.69, 9.17) is 14.2 Å². The van der Waals surface area contributed by atoms with Gasteiger partial charge in [-0.2, -0.15) is 0 Å². The van der Waals surface area contributed by atoms with Crippen LogP contribution in [0.1, 0.15) is 28.8 Å². The minimum Gasteiger partial charge on any atom is -0.379 e. The summed E-state index contributed by atoms with van der Waals surface area (Å²) in [6.07, 6.45) is 1.65. The summed E-state index contributed by atoms with van der Waals surface area (Å²) < 4.78 is 16.3. The Bertz CT molecular complexity index is 562. The van der Waals surface area contributed by atoms with Crippen LogP contribution in [-0.2, 0) is 20.8 Å². The van der Waals surface area contributed by atoms with Crippen LogP contribution in [0.2, 0.25) is 0 Å². The van der Waals surface area contributed by atoms with Gasteiger partial charge in [-0.15, -0.1) is 0 Å². The summed E-state index contributed by atoms with van der Waals surface area (Å²) in [4.78, 5) is 15.1. The summed E-state index contributed by atoms with van der Waals surface area (Å²) in [5, 5.41) is 3.16. The Labute approximate surface area is 149 Å². The van der Waals surface area contributed by atoms with Gasteiger partial charge in [0.05, 0.1) is 25.4 Å². The third-order valence-electron chi connectivity index (χ3n) is 5.15. The Balaban J connectivity index is 1.64. The first-order valence-corrected chi connectivity index (χ1v) is 8.95. The van der Waals surface area contributed by atoms with E-state index in [0.717, 1.165) is 56.8 Å². The first kappa shape index (κ1) is 18.3. The molecule has 25 heavy (non-hydrogen) atoms. The second-order valence-electron chi connectivity index (χ2n) is 6.74. The zero-order chi connectivity index (χ0) is 17.6. The summed E-state index contributed by atoms with van der Waals surface area (Å²) in [6.45, 7) is 4.10. The zero-order valence-electron chi connectivity index (χ0n) is 15.1. The van der Waals surface area contributed by atoms with Crippen LogP contribution < -0.4 is 5.32 Å². The van der Waals surface area contributed by atoms with Crippen molar-refractivity contribution in [1.29, 1.82) is 0 Å². The SMILES string of the molecule is CO[C@@H]1CC(NC(=O)c2ccccc2CN2CCOCC2)C[C@H]1OC. The minimum absolute atomic E-state index is 0.0135. The topological polar surface area (TPSA) is 60.0 Å². The van der Waals surface area contributed by atoms with Crippen LogP contribution in [0.15, 0.2) is 24.3 Å². The van der Waals surface area contributed by atoms with Crippen LogP contribution in [0.25, 0.3) is 0 Å². The lowest BCUT2D eigenvalue weighted by molar-refractivity contribution is -0.0157. The Morgan fingerprint density at radius 2 is 1.80 bits per heavy atom. The summed E-state index contributed by atoms with van der Waals surface area (Å²) in [5.41, 5.74) is 1.82. The number of morpholine rings is 1. The van der Waals surface area contributed by atoms with Gasteiger partial charge in [0.2, 0.25) is 0 Å². The Morgan fingerprint density at radius 3 is 2.44 bits per heavy atom. The molecule has 1 saturated heterocycles. The molecule has 138 valence electrons. The van der Waals surface area contributed by atoms with E-state index in [0.29, 0.717) is 0 Å². The Hall–Kier alpha value is -1.47. The maximum Gasteiger partial charge on any atom is 0.251 e. The van der Waals surface area contributed by atoms with E-state index in [1.165, 1.54) is 0 Å². The molecular formula is C19H28N2O4. The van der Waals surface area contributed by atoms with Crippen molar-refractivity contribution < 1.29 is 19.0 Å². The number of nitrogens with zero attached hydrogens (tertiary/aromatic N) is 1. The highest BCUT2D eigenvalue weighted by atomic mass is 16.5. The van der Waals surface area contributed by atoms with Gasteiger partial charge in [0.25, 0.3) is 5.91 Å². The molecule has 3 rings (SSSR count). The van der Waals surface area contributed by atoms with Gasteiger partial charge in [-0.25, -0.2) is 0 Å². The molecule has 0 bridgehead atoms. The molecule has 0 spiro atoms. The number of carbonyl (C=O) groups excluding carboxylic acids is 1. The fourth-order valence-corrected chi connectivity index (χ4v) is 3.72. The number of amides is 1. The van der Waals surface area contributed by atoms with E-state index in [1.807, 2.05) is 24.3 Å². The molecule has 0 aromatic heterocycles. The summed E-state index contributed by atoms with van der Waals surface area (Å²) in [7, 11) is 3.39. The quantitative estimate of drug-likeness (QED) is 0.843. The van der Waals surface area contributed by atoms with Crippen LogP contribution >= 0.6 is 0 Å². The standard InChI is InChI=1S/C19H28N2O4/c1-23-17-11-15(12-18(17)24-2)20-19(22)16-6-4-3-5-14(16)13-21-7-9-25-10-8-21/h3-6,15,17-18H,7-13H2,1-2H3,(H,20,22)/t17-,18-/m1/s1. The van der Waals surface area contributed by atoms with Gasteiger partial charge in [-0.1, -0.05) is 18.2 Å². The van der Waals surface area contributed by atoms with Gasteiger partial charge in [0, 0.05) is 45.5 Å². The maximum absolute atomic E-state index is 12.8. The molecule has 0 unspecified atom stereocenters. The van der Waals surface area contributed by atoms with Crippen molar-refractivity contribution in [3.8, 4) is 0 Å². The van der Waals surface area contributed by atoms with Crippen molar-refractivity contribution in [3.05, 3.63) is 35.4 Å². The number of hydrogen-bond acceptors (Lipinski definition) is 5. The molecular weight excluding hydrogens is 320 g/mol. The minimum atomic E-state index is -0.0135. The van der Waals surface area contributed by atoms with Gasteiger partial charge in [-0.3, -0.25) is 9.69 Å². The number of hydrogen-bond donors (Lipinski definition) is 1. The van der Waals surface area contributed by atoms with Crippen LogP contribution in [0.3, 0.4) is 0 Å². The van der Waals surface area contributed by atoms with E-state index in [1.54, 1.807) is 14.2 Å².